The molecule has 1 fully saturated rings. The molecule has 7 nitrogen and oxygen atoms in total. The largest absolute Gasteiger partial charge is 0.417 e. The smallest absolute Gasteiger partial charge is 0.354 e. The summed E-state index contributed by atoms with van der Waals surface area (Å²) in [7, 11) is 1.76. The third-order valence-corrected chi connectivity index (χ3v) is 7.50. The highest BCUT2D eigenvalue weighted by Gasteiger charge is 2.39. The molecule has 2 aliphatic rings. The van der Waals surface area contributed by atoms with E-state index in [1.807, 2.05) is 31.2 Å². The Morgan fingerprint density at radius 2 is 1.74 bits per heavy atom. The summed E-state index contributed by atoms with van der Waals surface area (Å²) in [6.45, 7) is 3.49. The number of amides is 1. The van der Waals surface area contributed by atoms with Crippen molar-refractivity contribution in [1.29, 1.82) is 0 Å². The highest BCUT2D eigenvalue weighted by molar-refractivity contribution is 6.02. The molecule has 1 aromatic heterocycles. The molecule has 1 aliphatic heterocycles. The number of nitrogens with zero attached hydrogens (tertiary/aromatic N) is 3. The third kappa shape index (κ3) is 4.99. The first-order chi connectivity index (χ1) is 18.1. The number of benzene rings is 2. The van der Waals surface area contributed by atoms with E-state index >= 15 is 0 Å². The van der Waals surface area contributed by atoms with Crippen LogP contribution in [0, 0.1) is 5.92 Å². The quantitative estimate of drug-likeness (QED) is 0.401. The maximum atomic E-state index is 14.0. The lowest BCUT2D eigenvalue weighted by Crippen LogP contribution is -2.47. The van der Waals surface area contributed by atoms with Crippen molar-refractivity contribution in [3.05, 3.63) is 70.9 Å². The van der Waals surface area contributed by atoms with Crippen molar-refractivity contribution in [1.82, 2.24) is 20.4 Å². The number of alkyl halides is 3. The van der Waals surface area contributed by atoms with Gasteiger partial charge in [-0.2, -0.15) is 18.3 Å². The summed E-state index contributed by atoms with van der Waals surface area (Å²) in [5.74, 6) is 0.903. The Balaban J connectivity index is 1.55. The fourth-order valence-corrected chi connectivity index (χ4v) is 5.63. The van der Waals surface area contributed by atoms with E-state index in [-0.39, 0.29) is 29.3 Å². The van der Waals surface area contributed by atoms with Crippen LogP contribution in [-0.2, 0) is 11.0 Å². The number of carbonyl (C=O) groups excluding carboxylic acids is 1. The van der Waals surface area contributed by atoms with Crippen LogP contribution in [0.25, 0.3) is 10.9 Å². The molecule has 2 heterocycles. The van der Waals surface area contributed by atoms with Gasteiger partial charge in [-0.15, -0.1) is 0 Å². The molecule has 5 rings (SSSR count). The number of H-pyrrole nitrogens is 1. The van der Waals surface area contributed by atoms with E-state index in [2.05, 4.69) is 20.8 Å². The first-order valence-electron chi connectivity index (χ1n) is 12.8. The number of rotatable bonds is 5. The van der Waals surface area contributed by atoms with Crippen LogP contribution in [0.1, 0.15) is 50.7 Å². The van der Waals surface area contributed by atoms with E-state index in [1.54, 1.807) is 18.0 Å². The van der Waals surface area contributed by atoms with Crippen LogP contribution in [-0.4, -0.2) is 46.1 Å². The minimum atomic E-state index is -4.52. The molecule has 1 amide bonds. The summed E-state index contributed by atoms with van der Waals surface area (Å²) in [5, 5.41) is 14.8. The highest BCUT2D eigenvalue weighted by atomic mass is 19.4. The van der Waals surface area contributed by atoms with Gasteiger partial charge >= 0.3 is 6.18 Å². The molecule has 38 heavy (non-hydrogen) atoms. The second-order valence-electron chi connectivity index (χ2n) is 10.1. The van der Waals surface area contributed by atoms with Gasteiger partial charge in [0, 0.05) is 42.6 Å². The number of allylic oxidation sites excluding steroid dienone is 1. The molecule has 1 atom stereocenters. The molecule has 3 N–H and O–H groups in total. The van der Waals surface area contributed by atoms with E-state index in [0.29, 0.717) is 5.82 Å². The SMILES string of the molecule is CC(=O)NC1CCC(C2=C(C)C(Nc3n[nH]c4ccccc34)N(C)C(c3ccccc3C(F)(F)F)=N2)CC1. The molecule has 0 radical (unpaired) electrons. The fourth-order valence-electron chi connectivity index (χ4n) is 5.63. The molecule has 10 heteroatoms. The number of fused-ring (bicyclic) bond motifs is 1. The zero-order chi connectivity index (χ0) is 27.0. The normalized spacial score (nSPS) is 22.4. The van der Waals surface area contributed by atoms with Crippen LogP contribution >= 0.6 is 0 Å². The summed E-state index contributed by atoms with van der Waals surface area (Å²) in [6, 6.07) is 13.4. The van der Waals surface area contributed by atoms with Crippen molar-refractivity contribution in [2.45, 2.75) is 57.9 Å². The Hall–Kier alpha value is -3.82. The van der Waals surface area contributed by atoms with Crippen molar-refractivity contribution in [3.63, 3.8) is 0 Å². The Bertz CT molecular complexity index is 1400. The van der Waals surface area contributed by atoms with Crippen LogP contribution in [0.5, 0.6) is 0 Å². The van der Waals surface area contributed by atoms with Crippen molar-refractivity contribution in [2.24, 2.45) is 10.9 Å². The van der Waals surface area contributed by atoms with Gasteiger partial charge in [-0.25, -0.2) is 4.99 Å². The first-order valence-corrected chi connectivity index (χ1v) is 12.8. The lowest BCUT2D eigenvalue weighted by atomic mass is 9.82. The van der Waals surface area contributed by atoms with E-state index in [9.17, 15) is 18.0 Å². The van der Waals surface area contributed by atoms with Crippen LogP contribution in [0.4, 0.5) is 19.0 Å². The summed E-state index contributed by atoms with van der Waals surface area (Å²) in [4.78, 5) is 18.2. The zero-order valence-corrected chi connectivity index (χ0v) is 21.6. The number of aliphatic imine (C=N–C) groups is 1. The average Bonchev–Trinajstić information content (AvgIpc) is 3.29. The molecule has 0 bridgehead atoms. The monoisotopic (exact) mass is 524 g/mol. The van der Waals surface area contributed by atoms with E-state index < -0.39 is 17.9 Å². The number of hydrogen-bond donors (Lipinski definition) is 3. The van der Waals surface area contributed by atoms with Gasteiger partial charge in [0.1, 0.15) is 12.0 Å². The van der Waals surface area contributed by atoms with E-state index in [4.69, 9.17) is 4.99 Å². The van der Waals surface area contributed by atoms with Crippen LogP contribution in [0.15, 0.2) is 64.8 Å². The lowest BCUT2D eigenvalue weighted by Gasteiger charge is -2.40. The maximum Gasteiger partial charge on any atom is 0.417 e. The van der Waals surface area contributed by atoms with Crippen molar-refractivity contribution >= 4 is 28.5 Å². The van der Waals surface area contributed by atoms with Gasteiger partial charge in [0.15, 0.2) is 5.82 Å². The van der Waals surface area contributed by atoms with Crippen LogP contribution in [0.3, 0.4) is 0 Å². The molecular weight excluding hydrogens is 493 g/mol. The minimum Gasteiger partial charge on any atom is -0.354 e. The fraction of sp³-hybridized carbons (Fsp3) is 0.393. The van der Waals surface area contributed by atoms with E-state index in [0.717, 1.165) is 53.9 Å². The summed E-state index contributed by atoms with van der Waals surface area (Å²) in [5.41, 5.74) is 1.92. The second-order valence-corrected chi connectivity index (χ2v) is 10.1. The molecule has 0 spiro atoms. The molecular formula is C28H31F3N6O. The number of nitrogens with one attached hydrogen (secondary N) is 3. The standard InChI is InChI=1S/C28H31F3N6O/c1-16-24(18-12-14-19(15-13-18)32-17(2)38)33-27(20-8-4-6-10-22(20)28(29,30)31)37(3)26(16)34-25-21-9-5-7-11-23(21)35-36-25/h4-11,18-19,26H,12-15H2,1-3H3,(H,32,38)(H2,34,35,36). The average molecular weight is 525 g/mol. The van der Waals surface area contributed by atoms with Crippen LogP contribution in [0.2, 0.25) is 0 Å². The second kappa shape index (κ2) is 10.2. The number of carbonyl (C=O) groups is 1. The summed E-state index contributed by atoms with van der Waals surface area (Å²) >= 11 is 0. The number of halogens is 3. The third-order valence-electron chi connectivity index (χ3n) is 7.50. The van der Waals surface area contributed by atoms with Gasteiger partial charge in [0.25, 0.3) is 0 Å². The number of amidine groups is 1. The molecule has 3 aromatic rings. The molecule has 1 saturated carbocycles. The van der Waals surface area contributed by atoms with Crippen LogP contribution < -0.4 is 10.6 Å². The molecule has 200 valence electrons. The highest BCUT2D eigenvalue weighted by Crippen LogP contribution is 2.39. The lowest BCUT2D eigenvalue weighted by molar-refractivity contribution is -0.137. The van der Waals surface area contributed by atoms with Crippen molar-refractivity contribution in [3.8, 4) is 0 Å². The molecule has 1 unspecified atom stereocenters. The number of anilines is 1. The topological polar surface area (TPSA) is 85.4 Å². The van der Waals surface area contributed by atoms with Gasteiger partial charge in [-0.1, -0.05) is 30.3 Å². The van der Waals surface area contributed by atoms with Gasteiger partial charge < -0.3 is 15.5 Å². The zero-order valence-electron chi connectivity index (χ0n) is 21.6. The van der Waals surface area contributed by atoms with E-state index in [1.165, 1.54) is 19.1 Å². The predicted molar refractivity (Wildman–Crippen MR) is 142 cm³/mol. The van der Waals surface area contributed by atoms with Gasteiger partial charge in [-0.3, -0.25) is 9.89 Å². The minimum absolute atomic E-state index is 0.0399. The number of likely N-dealkylation sites (N-methyl/N-ethyl adjacent to an activating group) is 1. The molecule has 1 aliphatic carbocycles. The Morgan fingerprint density at radius 1 is 1.05 bits per heavy atom. The first kappa shape index (κ1) is 25.8. The van der Waals surface area contributed by atoms with Crippen molar-refractivity contribution < 1.29 is 18.0 Å². The number of para-hydroxylation sites is 1. The van der Waals surface area contributed by atoms with Gasteiger partial charge in [-0.05, 0) is 56.4 Å². The Kier molecular flexibility index (Phi) is 6.90. The maximum absolute atomic E-state index is 14.0. The number of aromatic amines is 1. The molecule has 0 saturated heterocycles. The molecule has 2 aromatic carbocycles. The van der Waals surface area contributed by atoms with Gasteiger partial charge in [0.2, 0.25) is 5.91 Å². The Morgan fingerprint density at radius 3 is 2.45 bits per heavy atom. The Labute approximate surface area is 219 Å². The van der Waals surface area contributed by atoms with Gasteiger partial charge in [0.05, 0.1) is 11.1 Å². The predicted octanol–water partition coefficient (Wildman–Crippen LogP) is 5.68. The van der Waals surface area contributed by atoms with Crippen molar-refractivity contribution in [2.75, 3.05) is 12.4 Å². The number of hydrogen-bond acceptors (Lipinski definition) is 5. The summed E-state index contributed by atoms with van der Waals surface area (Å²) in [6.07, 6.45) is -1.81. The number of aromatic nitrogens is 2. The summed E-state index contributed by atoms with van der Waals surface area (Å²) < 4.78 is 42.1.